The quantitative estimate of drug-likeness (QED) is 0.909. The molecule has 2 aromatic carbocycles. The van der Waals surface area contributed by atoms with Gasteiger partial charge in [0.05, 0.1) is 6.10 Å². The van der Waals surface area contributed by atoms with Crippen LogP contribution in [0.1, 0.15) is 30.1 Å². The lowest BCUT2D eigenvalue weighted by molar-refractivity contribution is 0.0567. The summed E-state index contributed by atoms with van der Waals surface area (Å²) in [6.07, 6.45) is 1.66. The van der Waals surface area contributed by atoms with Crippen molar-refractivity contribution in [1.82, 2.24) is 4.90 Å². The lowest BCUT2D eigenvalue weighted by atomic mass is 9.87. The smallest absolute Gasteiger partial charge is 0.115 e. The van der Waals surface area contributed by atoms with E-state index in [1.165, 1.54) is 0 Å². The highest BCUT2D eigenvalue weighted by Crippen LogP contribution is 2.31. The van der Waals surface area contributed by atoms with Gasteiger partial charge >= 0.3 is 0 Å². The maximum atomic E-state index is 10.5. The van der Waals surface area contributed by atoms with E-state index in [4.69, 9.17) is 0 Å². The monoisotopic (exact) mass is 297 g/mol. The lowest BCUT2D eigenvalue weighted by Gasteiger charge is -2.34. The van der Waals surface area contributed by atoms with Crippen LogP contribution in [-0.4, -0.2) is 28.2 Å². The first kappa shape index (κ1) is 15.1. The van der Waals surface area contributed by atoms with E-state index in [-0.39, 0.29) is 6.10 Å². The van der Waals surface area contributed by atoms with Crippen LogP contribution in [0.5, 0.6) is 5.75 Å². The number of likely N-dealkylation sites (tertiary alicyclic amines) is 1. The van der Waals surface area contributed by atoms with Crippen LogP contribution in [-0.2, 0) is 6.54 Å². The molecular weight excluding hydrogens is 274 g/mol. The van der Waals surface area contributed by atoms with E-state index in [0.29, 0.717) is 11.7 Å². The van der Waals surface area contributed by atoms with E-state index >= 15 is 0 Å². The average molecular weight is 297 g/mol. The van der Waals surface area contributed by atoms with E-state index in [1.54, 1.807) is 6.07 Å². The predicted octanol–water partition coefficient (Wildman–Crippen LogP) is 3.34. The third-order valence-electron chi connectivity index (χ3n) is 4.54. The number of aliphatic hydroxyl groups is 1. The van der Waals surface area contributed by atoms with Crippen molar-refractivity contribution in [2.24, 2.45) is 5.92 Å². The molecule has 0 aliphatic carbocycles. The van der Waals surface area contributed by atoms with Crippen molar-refractivity contribution in [3.8, 4) is 5.75 Å². The molecule has 3 rings (SSSR count). The average Bonchev–Trinajstić information content (AvgIpc) is 2.56. The maximum absolute atomic E-state index is 10.5. The van der Waals surface area contributed by atoms with Gasteiger partial charge in [0, 0.05) is 6.54 Å². The molecule has 1 aliphatic rings. The second kappa shape index (κ2) is 6.95. The highest BCUT2D eigenvalue weighted by atomic mass is 16.3. The van der Waals surface area contributed by atoms with Crippen molar-refractivity contribution < 1.29 is 10.2 Å². The van der Waals surface area contributed by atoms with Gasteiger partial charge in [-0.05, 0) is 55.1 Å². The number of nitrogens with zero attached hydrogens (tertiary/aromatic N) is 1. The standard InChI is InChI=1S/C19H23NO2/c21-18-8-4-5-15(13-18)14-20-11-9-17(10-12-20)19(22)16-6-2-1-3-7-16/h1-8,13,17,19,21-22H,9-12,14H2. The molecule has 0 saturated carbocycles. The second-order valence-corrected chi connectivity index (χ2v) is 6.14. The largest absolute Gasteiger partial charge is 0.508 e. The lowest BCUT2D eigenvalue weighted by Crippen LogP contribution is -2.35. The molecule has 2 N–H and O–H groups in total. The van der Waals surface area contributed by atoms with E-state index in [1.807, 2.05) is 48.5 Å². The molecule has 116 valence electrons. The van der Waals surface area contributed by atoms with Crippen LogP contribution in [0.3, 0.4) is 0 Å². The van der Waals surface area contributed by atoms with Crippen LogP contribution in [0.25, 0.3) is 0 Å². The molecule has 3 heteroatoms. The molecule has 0 amide bonds. The SMILES string of the molecule is Oc1cccc(CN2CCC(C(O)c3ccccc3)CC2)c1. The van der Waals surface area contributed by atoms with Gasteiger partial charge in [-0.15, -0.1) is 0 Å². The van der Waals surface area contributed by atoms with Gasteiger partial charge in [0.15, 0.2) is 0 Å². The fraction of sp³-hybridized carbons (Fsp3) is 0.368. The Balaban J connectivity index is 1.54. The van der Waals surface area contributed by atoms with Gasteiger partial charge in [0.2, 0.25) is 0 Å². The zero-order chi connectivity index (χ0) is 15.4. The van der Waals surface area contributed by atoms with E-state index in [9.17, 15) is 10.2 Å². The van der Waals surface area contributed by atoms with Crippen molar-refractivity contribution >= 4 is 0 Å². The molecule has 1 heterocycles. The summed E-state index contributed by atoms with van der Waals surface area (Å²) in [6, 6.07) is 17.4. The van der Waals surface area contributed by atoms with E-state index in [2.05, 4.69) is 4.90 Å². The summed E-state index contributed by atoms with van der Waals surface area (Å²) in [5.41, 5.74) is 2.16. The van der Waals surface area contributed by atoms with Crippen molar-refractivity contribution in [2.75, 3.05) is 13.1 Å². The first-order chi connectivity index (χ1) is 10.7. The van der Waals surface area contributed by atoms with Crippen molar-refractivity contribution in [3.63, 3.8) is 0 Å². The first-order valence-corrected chi connectivity index (χ1v) is 7.95. The van der Waals surface area contributed by atoms with E-state index < -0.39 is 0 Å². The van der Waals surface area contributed by atoms with E-state index in [0.717, 1.165) is 43.6 Å². The minimum Gasteiger partial charge on any atom is -0.508 e. The Labute approximate surface area is 131 Å². The van der Waals surface area contributed by atoms with Crippen LogP contribution in [0.2, 0.25) is 0 Å². The zero-order valence-corrected chi connectivity index (χ0v) is 12.7. The Bertz CT molecular complexity index is 591. The molecule has 2 aromatic rings. The fourth-order valence-corrected chi connectivity index (χ4v) is 3.26. The summed E-state index contributed by atoms with van der Waals surface area (Å²) in [6.45, 7) is 2.84. The van der Waals surface area contributed by atoms with Crippen molar-refractivity contribution in [2.45, 2.75) is 25.5 Å². The van der Waals surface area contributed by atoms with Crippen LogP contribution < -0.4 is 0 Å². The third kappa shape index (κ3) is 3.67. The van der Waals surface area contributed by atoms with Crippen LogP contribution in [0, 0.1) is 5.92 Å². The zero-order valence-electron chi connectivity index (χ0n) is 12.7. The Hall–Kier alpha value is -1.84. The number of phenolic OH excluding ortho intramolecular Hbond substituents is 1. The molecule has 1 unspecified atom stereocenters. The Morgan fingerprint density at radius 3 is 2.41 bits per heavy atom. The van der Waals surface area contributed by atoms with Crippen molar-refractivity contribution in [3.05, 3.63) is 65.7 Å². The molecule has 1 aliphatic heterocycles. The predicted molar refractivity (Wildman–Crippen MR) is 87.5 cm³/mol. The van der Waals surface area contributed by atoms with Crippen LogP contribution in [0.4, 0.5) is 0 Å². The number of hydrogen-bond donors (Lipinski definition) is 2. The van der Waals surface area contributed by atoms with Gasteiger partial charge in [0.1, 0.15) is 5.75 Å². The number of hydrogen-bond acceptors (Lipinski definition) is 3. The molecule has 3 nitrogen and oxygen atoms in total. The topological polar surface area (TPSA) is 43.7 Å². The molecule has 1 fully saturated rings. The number of phenols is 1. The Kier molecular flexibility index (Phi) is 4.76. The van der Waals surface area contributed by atoms with Crippen molar-refractivity contribution in [1.29, 1.82) is 0 Å². The van der Waals surface area contributed by atoms with Gasteiger partial charge in [-0.3, -0.25) is 4.90 Å². The summed E-state index contributed by atoms with van der Waals surface area (Å²) in [7, 11) is 0. The third-order valence-corrected chi connectivity index (χ3v) is 4.54. The number of aliphatic hydroxyl groups excluding tert-OH is 1. The summed E-state index contributed by atoms with van der Waals surface area (Å²) in [4.78, 5) is 2.39. The summed E-state index contributed by atoms with van der Waals surface area (Å²) < 4.78 is 0. The normalized spacial score (nSPS) is 18.2. The van der Waals surface area contributed by atoms with Gasteiger partial charge in [-0.2, -0.15) is 0 Å². The first-order valence-electron chi connectivity index (χ1n) is 7.95. The van der Waals surface area contributed by atoms with Gasteiger partial charge in [-0.25, -0.2) is 0 Å². The van der Waals surface area contributed by atoms with Crippen LogP contribution >= 0.6 is 0 Å². The highest BCUT2D eigenvalue weighted by Gasteiger charge is 2.26. The Morgan fingerprint density at radius 1 is 1.00 bits per heavy atom. The molecular formula is C19H23NO2. The maximum Gasteiger partial charge on any atom is 0.115 e. The second-order valence-electron chi connectivity index (χ2n) is 6.14. The number of rotatable bonds is 4. The van der Waals surface area contributed by atoms with Gasteiger partial charge in [0.25, 0.3) is 0 Å². The molecule has 22 heavy (non-hydrogen) atoms. The molecule has 0 radical (unpaired) electrons. The number of aromatic hydroxyl groups is 1. The summed E-state index contributed by atoms with van der Waals surface area (Å²) in [5.74, 6) is 0.662. The number of benzene rings is 2. The van der Waals surface area contributed by atoms with Gasteiger partial charge in [-0.1, -0.05) is 42.5 Å². The number of piperidine rings is 1. The fourth-order valence-electron chi connectivity index (χ4n) is 3.26. The summed E-state index contributed by atoms with van der Waals surface area (Å²) >= 11 is 0. The molecule has 0 bridgehead atoms. The molecule has 0 aromatic heterocycles. The Morgan fingerprint density at radius 2 is 1.73 bits per heavy atom. The molecule has 1 saturated heterocycles. The van der Waals surface area contributed by atoms with Crippen LogP contribution in [0.15, 0.2) is 54.6 Å². The molecule has 1 atom stereocenters. The minimum absolute atomic E-state index is 0.326. The molecule has 0 spiro atoms. The highest BCUT2D eigenvalue weighted by molar-refractivity contribution is 5.27. The minimum atomic E-state index is -0.357. The van der Waals surface area contributed by atoms with Gasteiger partial charge < -0.3 is 10.2 Å². The summed E-state index contributed by atoms with van der Waals surface area (Å²) in [5, 5.41) is 20.0.